The molecule has 0 saturated carbocycles. The number of benzene rings is 1. The van der Waals surface area contributed by atoms with Crippen molar-refractivity contribution in [2.45, 2.75) is 19.4 Å². The van der Waals surface area contributed by atoms with E-state index in [4.69, 9.17) is 0 Å². The highest BCUT2D eigenvalue weighted by Gasteiger charge is 2.19. The minimum atomic E-state index is 0.311. The zero-order valence-corrected chi connectivity index (χ0v) is 8.69. The second-order valence-corrected chi connectivity index (χ2v) is 4.39. The molecule has 2 heteroatoms. The van der Waals surface area contributed by atoms with E-state index in [-0.39, 0.29) is 0 Å². The van der Waals surface area contributed by atoms with Crippen LogP contribution >= 0.6 is 0 Å². The maximum atomic E-state index is 9.21. The second-order valence-electron chi connectivity index (χ2n) is 4.39. The summed E-state index contributed by atoms with van der Waals surface area (Å²) in [7, 11) is 0. The van der Waals surface area contributed by atoms with Crippen molar-refractivity contribution in [3.05, 3.63) is 36.0 Å². The highest BCUT2D eigenvalue weighted by atomic mass is 16.3. The van der Waals surface area contributed by atoms with Crippen molar-refractivity contribution in [3.8, 4) is 0 Å². The first-order valence-electron chi connectivity index (χ1n) is 5.56. The van der Waals surface area contributed by atoms with Gasteiger partial charge in [0.2, 0.25) is 0 Å². The fourth-order valence-corrected chi connectivity index (χ4v) is 2.54. The van der Waals surface area contributed by atoms with E-state index in [2.05, 4.69) is 34.9 Å². The molecule has 78 valence electrons. The Balaban J connectivity index is 2.14. The Labute approximate surface area is 89.1 Å². The molecule has 2 aromatic rings. The standard InChI is InChI=1S/C13H15NO/c15-9-10-5-6-12-7-11-3-1-2-4-13(11)14(12)8-10/h1-4,7,10,15H,5-6,8-9H2. The van der Waals surface area contributed by atoms with Crippen LogP contribution < -0.4 is 0 Å². The zero-order chi connectivity index (χ0) is 10.3. The van der Waals surface area contributed by atoms with Crippen molar-refractivity contribution in [2.75, 3.05) is 6.61 Å². The quantitative estimate of drug-likeness (QED) is 0.751. The number of hydrogen-bond acceptors (Lipinski definition) is 1. The van der Waals surface area contributed by atoms with E-state index in [0.29, 0.717) is 12.5 Å². The smallest absolute Gasteiger partial charge is 0.0482 e. The molecule has 0 amide bonds. The molecule has 15 heavy (non-hydrogen) atoms. The Morgan fingerprint density at radius 1 is 1.33 bits per heavy atom. The van der Waals surface area contributed by atoms with Gasteiger partial charge in [-0.1, -0.05) is 18.2 Å². The lowest BCUT2D eigenvalue weighted by molar-refractivity contribution is 0.193. The van der Waals surface area contributed by atoms with Gasteiger partial charge in [-0.15, -0.1) is 0 Å². The molecule has 1 aromatic carbocycles. The molecule has 0 bridgehead atoms. The molecule has 1 atom stereocenters. The number of hydrogen-bond donors (Lipinski definition) is 1. The summed E-state index contributed by atoms with van der Waals surface area (Å²) in [5.41, 5.74) is 2.73. The van der Waals surface area contributed by atoms with Gasteiger partial charge >= 0.3 is 0 Å². The average molecular weight is 201 g/mol. The Hall–Kier alpha value is -1.28. The van der Waals surface area contributed by atoms with Gasteiger partial charge in [0, 0.05) is 30.3 Å². The first-order valence-corrected chi connectivity index (χ1v) is 5.56. The second kappa shape index (κ2) is 3.38. The van der Waals surface area contributed by atoms with Gasteiger partial charge in [-0.05, 0) is 30.4 Å². The zero-order valence-electron chi connectivity index (χ0n) is 8.69. The van der Waals surface area contributed by atoms with E-state index < -0.39 is 0 Å². The van der Waals surface area contributed by atoms with Crippen molar-refractivity contribution in [1.82, 2.24) is 4.57 Å². The number of aromatic nitrogens is 1. The van der Waals surface area contributed by atoms with Gasteiger partial charge < -0.3 is 9.67 Å². The largest absolute Gasteiger partial charge is 0.396 e. The Morgan fingerprint density at radius 3 is 3.07 bits per heavy atom. The lowest BCUT2D eigenvalue weighted by atomic mass is 9.99. The normalized spacial score (nSPS) is 20.5. The van der Waals surface area contributed by atoms with Crippen LogP contribution in [0.15, 0.2) is 30.3 Å². The molecular formula is C13H15NO. The molecule has 1 N–H and O–H groups in total. The Bertz CT molecular complexity index is 486. The summed E-state index contributed by atoms with van der Waals surface area (Å²) in [6.45, 7) is 1.28. The van der Waals surface area contributed by atoms with E-state index in [9.17, 15) is 5.11 Å². The lowest BCUT2D eigenvalue weighted by Gasteiger charge is -2.23. The van der Waals surface area contributed by atoms with Gasteiger partial charge in [0.25, 0.3) is 0 Å². The van der Waals surface area contributed by atoms with Crippen LogP contribution in [0.25, 0.3) is 10.9 Å². The number of fused-ring (bicyclic) bond motifs is 3. The third-order valence-electron chi connectivity index (χ3n) is 3.40. The van der Waals surface area contributed by atoms with E-state index in [1.54, 1.807) is 0 Å². The average Bonchev–Trinajstić information content (AvgIpc) is 2.66. The highest BCUT2D eigenvalue weighted by molar-refractivity contribution is 5.81. The van der Waals surface area contributed by atoms with Gasteiger partial charge in [0.1, 0.15) is 0 Å². The van der Waals surface area contributed by atoms with Crippen LogP contribution in [-0.2, 0) is 13.0 Å². The van der Waals surface area contributed by atoms with Crippen LogP contribution in [0.1, 0.15) is 12.1 Å². The first-order chi connectivity index (χ1) is 7.38. The van der Waals surface area contributed by atoms with E-state index >= 15 is 0 Å². The SMILES string of the molecule is OCC1CCc2cc3ccccc3n2C1. The monoisotopic (exact) mass is 201 g/mol. The fraction of sp³-hybridized carbons (Fsp3) is 0.385. The number of aryl methyl sites for hydroxylation is 1. The number of rotatable bonds is 1. The van der Waals surface area contributed by atoms with Gasteiger partial charge in [0.05, 0.1) is 0 Å². The molecule has 1 aliphatic heterocycles. The molecular weight excluding hydrogens is 186 g/mol. The minimum absolute atomic E-state index is 0.311. The molecule has 0 spiro atoms. The van der Waals surface area contributed by atoms with Crippen molar-refractivity contribution in [3.63, 3.8) is 0 Å². The number of nitrogens with zero attached hydrogens (tertiary/aromatic N) is 1. The predicted octanol–water partition coefficient (Wildman–Crippen LogP) is 2.20. The molecule has 0 aliphatic carbocycles. The van der Waals surface area contributed by atoms with E-state index in [0.717, 1.165) is 19.4 Å². The van der Waals surface area contributed by atoms with Gasteiger partial charge in [-0.3, -0.25) is 0 Å². The predicted molar refractivity (Wildman–Crippen MR) is 60.8 cm³/mol. The van der Waals surface area contributed by atoms with Crippen molar-refractivity contribution >= 4 is 10.9 Å². The van der Waals surface area contributed by atoms with Gasteiger partial charge in [0.15, 0.2) is 0 Å². The molecule has 1 unspecified atom stereocenters. The molecule has 0 saturated heterocycles. The van der Waals surface area contributed by atoms with Gasteiger partial charge in [-0.2, -0.15) is 0 Å². The third-order valence-corrected chi connectivity index (χ3v) is 3.40. The molecule has 2 nitrogen and oxygen atoms in total. The van der Waals surface area contributed by atoms with Gasteiger partial charge in [-0.25, -0.2) is 0 Å². The molecule has 0 radical (unpaired) electrons. The molecule has 1 aromatic heterocycles. The van der Waals surface area contributed by atoms with E-state index in [1.807, 2.05) is 0 Å². The highest BCUT2D eigenvalue weighted by Crippen LogP contribution is 2.27. The molecule has 1 aliphatic rings. The summed E-state index contributed by atoms with van der Waals surface area (Å²) < 4.78 is 2.36. The number of para-hydroxylation sites is 1. The summed E-state index contributed by atoms with van der Waals surface area (Å²) in [6, 6.07) is 10.8. The van der Waals surface area contributed by atoms with Crippen LogP contribution in [0.4, 0.5) is 0 Å². The first kappa shape index (κ1) is 8.98. The van der Waals surface area contributed by atoms with Crippen LogP contribution in [-0.4, -0.2) is 16.3 Å². The van der Waals surface area contributed by atoms with Crippen LogP contribution in [0.2, 0.25) is 0 Å². The van der Waals surface area contributed by atoms with Crippen LogP contribution in [0, 0.1) is 5.92 Å². The maximum absolute atomic E-state index is 9.21. The van der Waals surface area contributed by atoms with Crippen molar-refractivity contribution < 1.29 is 5.11 Å². The third kappa shape index (κ3) is 1.37. The maximum Gasteiger partial charge on any atom is 0.0482 e. The van der Waals surface area contributed by atoms with Crippen LogP contribution in [0.5, 0.6) is 0 Å². The summed E-state index contributed by atoms with van der Waals surface area (Å²) in [6.07, 6.45) is 2.22. The Kier molecular flexibility index (Phi) is 2.03. The molecule has 3 rings (SSSR count). The fourth-order valence-electron chi connectivity index (χ4n) is 2.54. The van der Waals surface area contributed by atoms with Crippen molar-refractivity contribution in [2.24, 2.45) is 5.92 Å². The molecule has 0 fully saturated rings. The van der Waals surface area contributed by atoms with E-state index in [1.165, 1.54) is 16.6 Å². The summed E-state index contributed by atoms with van der Waals surface area (Å²) in [5, 5.41) is 10.5. The lowest BCUT2D eigenvalue weighted by Crippen LogP contribution is -2.22. The number of aliphatic hydroxyl groups excluding tert-OH is 1. The number of aliphatic hydroxyl groups is 1. The Morgan fingerprint density at radius 2 is 2.20 bits per heavy atom. The summed E-state index contributed by atoms with van der Waals surface area (Å²) >= 11 is 0. The van der Waals surface area contributed by atoms with Crippen LogP contribution in [0.3, 0.4) is 0 Å². The molecule has 2 heterocycles. The minimum Gasteiger partial charge on any atom is -0.396 e. The topological polar surface area (TPSA) is 25.2 Å². The van der Waals surface area contributed by atoms with Crippen molar-refractivity contribution in [1.29, 1.82) is 0 Å². The summed E-state index contributed by atoms with van der Waals surface area (Å²) in [5.74, 6) is 0.438. The summed E-state index contributed by atoms with van der Waals surface area (Å²) in [4.78, 5) is 0.